The summed E-state index contributed by atoms with van der Waals surface area (Å²) in [5.74, 6) is 0. The van der Waals surface area contributed by atoms with Crippen LogP contribution in [0.15, 0.2) is 59.5 Å². The first-order chi connectivity index (χ1) is 16.2. The lowest BCUT2D eigenvalue weighted by molar-refractivity contribution is -0.137. The number of fused-ring (bicyclic) bond motifs is 1. The maximum atomic E-state index is 12.8. The SMILES string of the molecule is O=S(=O)(Nc1cccc2ccc(CNCCN3CCOCC3)nc12)c1ccc(C(F)(F)F)cc1. The van der Waals surface area contributed by atoms with Crippen LogP contribution in [0.4, 0.5) is 18.9 Å². The number of rotatable bonds is 8. The Labute approximate surface area is 196 Å². The highest BCUT2D eigenvalue weighted by atomic mass is 32.2. The molecule has 0 atom stereocenters. The van der Waals surface area contributed by atoms with Crippen LogP contribution in [0, 0.1) is 0 Å². The third-order valence-electron chi connectivity index (χ3n) is 5.53. The van der Waals surface area contributed by atoms with Gasteiger partial charge < -0.3 is 10.1 Å². The van der Waals surface area contributed by atoms with Crippen LogP contribution in [-0.4, -0.2) is 57.7 Å². The number of benzene rings is 2. The van der Waals surface area contributed by atoms with Crippen LogP contribution in [0.2, 0.25) is 0 Å². The standard InChI is InChI=1S/C23H25F3N4O3S/c24-23(25,26)18-5-8-20(9-6-18)34(31,32)29-21-3-1-2-17-4-7-19(28-22(17)21)16-27-10-11-30-12-14-33-15-13-30/h1-9,27,29H,10-16H2. The molecule has 182 valence electrons. The van der Waals surface area contributed by atoms with Gasteiger partial charge in [-0.1, -0.05) is 18.2 Å². The minimum absolute atomic E-state index is 0.257. The summed E-state index contributed by atoms with van der Waals surface area (Å²) in [6.07, 6.45) is -4.54. The number of morpholine rings is 1. The molecule has 0 saturated carbocycles. The average Bonchev–Trinajstić information content (AvgIpc) is 2.82. The first-order valence-electron chi connectivity index (χ1n) is 10.8. The Morgan fingerprint density at radius 2 is 1.74 bits per heavy atom. The quantitative estimate of drug-likeness (QED) is 0.467. The van der Waals surface area contributed by atoms with Crippen LogP contribution >= 0.6 is 0 Å². The van der Waals surface area contributed by atoms with E-state index in [9.17, 15) is 21.6 Å². The van der Waals surface area contributed by atoms with E-state index >= 15 is 0 Å². The van der Waals surface area contributed by atoms with Gasteiger partial charge in [0.05, 0.1) is 40.6 Å². The van der Waals surface area contributed by atoms with Crippen molar-refractivity contribution in [2.75, 3.05) is 44.1 Å². The Morgan fingerprint density at radius 3 is 2.44 bits per heavy atom. The summed E-state index contributed by atoms with van der Waals surface area (Å²) in [6.45, 7) is 5.52. The van der Waals surface area contributed by atoms with E-state index in [2.05, 4.69) is 19.9 Å². The van der Waals surface area contributed by atoms with Gasteiger partial charge >= 0.3 is 6.18 Å². The predicted molar refractivity (Wildman–Crippen MR) is 123 cm³/mol. The predicted octanol–water partition coefficient (Wildman–Crippen LogP) is 3.48. The van der Waals surface area contributed by atoms with E-state index in [4.69, 9.17) is 4.74 Å². The summed E-state index contributed by atoms with van der Waals surface area (Å²) in [5, 5.41) is 4.09. The lowest BCUT2D eigenvalue weighted by atomic mass is 10.2. The Balaban J connectivity index is 1.46. The van der Waals surface area contributed by atoms with Crippen molar-refractivity contribution in [1.82, 2.24) is 15.2 Å². The molecule has 2 N–H and O–H groups in total. The molecule has 2 heterocycles. The van der Waals surface area contributed by atoms with Gasteiger partial charge in [-0.25, -0.2) is 13.4 Å². The highest BCUT2D eigenvalue weighted by Crippen LogP contribution is 2.30. The summed E-state index contributed by atoms with van der Waals surface area (Å²) in [7, 11) is -4.10. The Bertz CT molecular complexity index is 1230. The van der Waals surface area contributed by atoms with Crippen LogP contribution in [0.3, 0.4) is 0 Å². The van der Waals surface area contributed by atoms with Crippen LogP contribution in [0.1, 0.15) is 11.3 Å². The fourth-order valence-corrected chi connectivity index (χ4v) is 4.74. The third-order valence-corrected chi connectivity index (χ3v) is 6.91. The van der Waals surface area contributed by atoms with E-state index in [1.165, 1.54) is 0 Å². The fraction of sp³-hybridized carbons (Fsp3) is 0.348. The highest BCUT2D eigenvalue weighted by Gasteiger charge is 2.30. The molecule has 1 aliphatic heterocycles. The number of para-hydroxylation sites is 1. The number of hydrogen-bond donors (Lipinski definition) is 2. The van der Waals surface area contributed by atoms with E-state index in [1.807, 2.05) is 18.2 Å². The number of sulfonamides is 1. The summed E-state index contributed by atoms with van der Waals surface area (Å²) in [5.41, 5.74) is 0.553. The maximum Gasteiger partial charge on any atom is 0.416 e. The minimum Gasteiger partial charge on any atom is -0.379 e. The smallest absolute Gasteiger partial charge is 0.379 e. The molecule has 11 heteroatoms. The Hall–Kier alpha value is -2.73. The van der Waals surface area contributed by atoms with Crippen molar-refractivity contribution in [3.63, 3.8) is 0 Å². The number of aromatic nitrogens is 1. The number of hydrogen-bond acceptors (Lipinski definition) is 6. The molecular weight excluding hydrogens is 469 g/mol. The molecule has 0 spiro atoms. The van der Waals surface area contributed by atoms with Crippen molar-refractivity contribution in [2.24, 2.45) is 0 Å². The van der Waals surface area contributed by atoms with Crippen molar-refractivity contribution < 1.29 is 26.3 Å². The second kappa shape index (κ2) is 10.3. The average molecular weight is 495 g/mol. The third kappa shape index (κ3) is 6.03. The van der Waals surface area contributed by atoms with E-state index in [0.29, 0.717) is 12.1 Å². The van der Waals surface area contributed by atoms with Gasteiger partial charge in [-0.15, -0.1) is 0 Å². The second-order valence-electron chi connectivity index (χ2n) is 7.94. The monoisotopic (exact) mass is 494 g/mol. The van der Waals surface area contributed by atoms with E-state index in [0.717, 1.165) is 74.7 Å². The molecule has 3 aromatic rings. The molecule has 0 amide bonds. The summed E-state index contributed by atoms with van der Waals surface area (Å²) < 4.78 is 71.8. The number of nitrogens with one attached hydrogen (secondary N) is 2. The van der Waals surface area contributed by atoms with E-state index in [-0.39, 0.29) is 10.6 Å². The van der Waals surface area contributed by atoms with Gasteiger partial charge in [-0.2, -0.15) is 13.2 Å². The van der Waals surface area contributed by atoms with Gasteiger partial charge in [0.2, 0.25) is 0 Å². The molecule has 1 saturated heterocycles. The molecule has 7 nitrogen and oxygen atoms in total. The lowest BCUT2D eigenvalue weighted by Crippen LogP contribution is -2.40. The van der Waals surface area contributed by atoms with E-state index < -0.39 is 21.8 Å². The Kier molecular flexibility index (Phi) is 7.36. The van der Waals surface area contributed by atoms with Crippen molar-refractivity contribution in [3.8, 4) is 0 Å². The zero-order valence-electron chi connectivity index (χ0n) is 18.3. The largest absolute Gasteiger partial charge is 0.416 e. The molecule has 0 aliphatic carbocycles. The molecule has 4 rings (SSSR count). The van der Waals surface area contributed by atoms with Crippen LogP contribution in [0.25, 0.3) is 10.9 Å². The van der Waals surface area contributed by atoms with Crippen molar-refractivity contribution in [2.45, 2.75) is 17.6 Å². The van der Waals surface area contributed by atoms with Gasteiger partial charge in [0.15, 0.2) is 0 Å². The summed E-state index contributed by atoms with van der Waals surface area (Å²) >= 11 is 0. The molecule has 1 fully saturated rings. The van der Waals surface area contributed by atoms with Crippen LogP contribution < -0.4 is 10.0 Å². The number of alkyl halides is 3. The molecule has 0 bridgehead atoms. The first kappa shape index (κ1) is 24.4. The van der Waals surface area contributed by atoms with Crippen molar-refractivity contribution in [1.29, 1.82) is 0 Å². The van der Waals surface area contributed by atoms with Crippen LogP contribution in [0.5, 0.6) is 0 Å². The normalized spacial score (nSPS) is 15.5. The van der Waals surface area contributed by atoms with Gasteiger partial charge in [0.25, 0.3) is 10.0 Å². The number of nitrogens with zero attached hydrogens (tertiary/aromatic N) is 2. The molecule has 0 unspecified atom stereocenters. The number of anilines is 1. The molecular formula is C23H25F3N4O3S. The Morgan fingerprint density at radius 1 is 1.00 bits per heavy atom. The topological polar surface area (TPSA) is 83.6 Å². The lowest BCUT2D eigenvalue weighted by Gasteiger charge is -2.26. The fourth-order valence-electron chi connectivity index (χ4n) is 3.67. The summed E-state index contributed by atoms with van der Waals surface area (Å²) in [4.78, 5) is 6.66. The zero-order chi connectivity index (χ0) is 24.2. The molecule has 2 aromatic carbocycles. The van der Waals surface area contributed by atoms with Gasteiger partial charge in [0.1, 0.15) is 0 Å². The summed E-state index contributed by atoms with van der Waals surface area (Å²) in [6, 6.07) is 12.2. The highest BCUT2D eigenvalue weighted by molar-refractivity contribution is 7.92. The molecule has 0 radical (unpaired) electrons. The maximum absolute atomic E-state index is 12.8. The minimum atomic E-state index is -4.54. The van der Waals surface area contributed by atoms with Gasteiger partial charge in [0, 0.05) is 38.1 Å². The van der Waals surface area contributed by atoms with Gasteiger partial charge in [-0.3, -0.25) is 9.62 Å². The number of halogens is 3. The van der Waals surface area contributed by atoms with Crippen molar-refractivity contribution in [3.05, 3.63) is 65.9 Å². The number of pyridine rings is 1. The molecule has 1 aromatic heterocycles. The van der Waals surface area contributed by atoms with E-state index in [1.54, 1.807) is 12.1 Å². The second-order valence-corrected chi connectivity index (χ2v) is 9.62. The van der Waals surface area contributed by atoms with Crippen LogP contribution in [-0.2, 0) is 27.5 Å². The molecule has 1 aliphatic rings. The first-order valence-corrected chi connectivity index (χ1v) is 12.3. The molecule has 34 heavy (non-hydrogen) atoms. The van der Waals surface area contributed by atoms with Gasteiger partial charge in [-0.05, 0) is 36.4 Å². The van der Waals surface area contributed by atoms with Crippen molar-refractivity contribution >= 4 is 26.6 Å². The zero-order valence-corrected chi connectivity index (χ0v) is 19.1. The number of ether oxygens (including phenoxy) is 1.